The minimum atomic E-state index is -0.214. The Morgan fingerprint density at radius 3 is 2.35 bits per heavy atom. The summed E-state index contributed by atoms with van der Waals surface area (Å²) >= 11 is 0. The first-order valence-corrected chi connectivity index (χ1v) is 10.6. The second kappa shape index (κ2) is 11.1. The van der Waals surface area contributed by atoms with Gasteiger partial charge in [-0.15, -0.1) is 0 Å². The Morgan fingerprint density at radius 1 is 0.871 bits per heavy atom. The Kier molecular flexibility index (Phi) is 7.93. The van der Waals surface area contributed by atoms with Gasteiger partial charge in [-0.3, -0.25) is 4.79 Å². The van der Waals surface area contributed by atoms with E-state index in [0.29, 0.717) is 41.7 Å². The molecule has 0 radical (unpaired) electrons. The lowest BCUT2D eigenvalue weighted by molar-refractivity contribution is 0.102. The number of nitrogens with one attached hydrogen (secondary N) is 1. The van der Waals surface area contributed by atoms with Crippen molar-refractivity contribution in [3.05, 3.63) is 77.9 Å². The Balaban J connectivity index is 1.66. The van der Waals surface area contributed by atoms with Gasteiger partial charge in [-0.2, -0.15) is 0 Å². The number of para-hydroxylation sites is 1. The summed E-state index contributed by atoms with van der Waals surface area (Å²) in [7, 11) is 0. The molecule has 1 amide bonds. The molecule has 0 aliphatic heterocycles. The van der Waals surface area contributed by atoms with Gasteiger partial charge in [0, 0.05) is 11.3 Å². The van der Waals surface area contributed by atoms with Gasteiger partial charge in [-0.25, -0.2) is 0 Å². The molecule has 0 fully saturated rings. The van der Waals surface area contributed by atoms with Gasteiger partial charge in [-0.1, -0.05) is 31.5 Å². The van der Waals surface area contributed by atoms with Crippen LogP contribution in [0, 0.1) is 6.92 Å². The predicted octanol–water partition coefficient (Wildman–Crippen LogP) is 6.62. The minimum Gasteiger partial charge on any atom is -0.490 e. The summed E-state index contributed by atoms with van der Waals surface area (Å²) in [6, 6.07) is 20.4. The quantitative estimate of drug-likeness (QED) is 0.375. The lowest BCUT2D eigenvalue weighted by Gasteiger charge is -2.13. The van der Waals surface area contributed by atoms with E-state index in [1.165, 1.54) is 0 Å². The number of anilines is 1. The van der Waals surface area contributed by atoms with E-state index in [1.54, 1.807) is 18.2 Å². The highest BCUT2D eigenvalue weighted by Crippen LogP contribution is 2.30. The fourth-order valence-corrected chi connectivity index (χ4v) is 2.97. The first-order valence-electron chi connectivity index (χ1n) is 10.6. The maximum absolute atomic E-state index is 12.7. The van der Waals surface area contributed by atoms with Crippen LogP contribution in [0.4, 0.5) is 5.69 Å². The fourth-order valence-electron chi connectivity index (χ4n) is 2.97. The molecule has 162 valence electrons. The lowest BCUT2D eigenvalue weighted by atomic mass is 10.1. The summed E-state index contributed by atoms with van der Waals surface area (Å²) in [6.07, 6.45) is 2.02. The zero-order chi connectivity index (χ0) is 22.1. The van der Waals surface area contributed by atoms with E-state index in [9.17, 15) is 4.79 Å². The highest BCUT2D eigenvalue weighted by molar-refractivity contribution is 6.04. The third kappa shape index (κ3) is 6.25. The van der Waals surface area contributed by atoms with Gasteiger partial charge in [0.05, 0.1) is 13.2 Å². The van der Waals surface area contributed by atoms with Crippen molar-refractivity contribution in [2.75, 3.05) is 18.5 Å². The molecule has 0 spiro atoms. The molecule has 31 heavy (non-hydrogen) atoms. The zero-order valence-electron chi connectivity index (χ0n) is 18.3. The van der Waals surface area contributed by atoms with Crippen LogP contribution in [0.3, 0.4) is 0 Å². The molecule has 0 aliphatic rings. The number of amides is 1. The second-order valence-corrected chi connectivity index (χ2v) is 7.14. The maximum atomic E-state index is 12.7. The largest absolute Gasteiger partial charge is 0.490 e. The molecule has 3 aromatic carbocycles. The van der Waals surface area contributed by atoms with Crippen LogP contribution in [-0.2, 0) is 0 Å². The molecular weight excluding hydrogens is 390 g/mol. The fraction of sp³-hybridized carbons (Fsp3) is 0.269. The monoisotopic (exact) mass is 419 g/mol. The predicted molar refractivity (Wildman–Crippen MR) is 124 cm³/mol. The van der Waals surface area contributed by atoms with Gasteiger partial charge in [-0.05, 0) is 74.4 Å². The highest BCUT2D eigenvalue weighted by Gasteiger charge is 2.12. The van der Waals surface area contributed by atoms with Crippen LogP contribution in [0.1, 0.15) is 42.6 Å². The first kappa shape index (κ1) is 22.2. The van der Waals surface area contributed by atoms with Crippen molar-refractivity contribution in [3.8, 4) is 23.0 Å². The van der Waals surface area contributed by atoms with E-state index in [-0.39, 0.29) is 5.91 Å². The highest BCUT2D eigenvalue weighted by atomic mass is 16.5. The number of carbonyl (C=O) groups is 1. The molecule has 5 nitrogen and oxygen atoms in total. The zero-order valence-corrected chi connectivity index (χ0v) is 18.3. The normalized spacial score (nSPS) is 10.4. The van der Waals surface area contributed by atoms with Crippen LogP contribution in [0.25, 0.3) is 0 Å². The average Bonchev–Trinajstić information content (AvgIpc) is 2.78. The van der Waals surface area contributed by atoms with E-state index in [0.717, 1.165) is 24.2 Å². The van der Waals surface area contributed by atoms with Crippen molar-refractivity contribution in [1.29, 1.82) is 0 Å². The molecule has 0 aromatic heterocycles. The van der Waals surface area contributed by atoms with Crippen molar-refractivity contribution in [2.45, 2.75) is 33.6 Å². The number of aryl methyl sites for hydroxylation is 1. The van der Waals surface area contributed by atoms with Gasteiger partial charge < -0.3 is 19.5 Å². The van der Waals surface area contributed by atoms with Gasteiger partial charge in [0.1, 0.15) is 11.5 Å². The Bertz CT molecular complexity index is 999. The number of carbonyl (C=O) groups excluding carboxylic acids is 1. The van der Waals surface area contributed by atoms with Gasteiger partial charge in [0.25, 0.3) is 5.91 Å². The number of ether oxygens (including phenoxy) is 3. The van der Waals surface area contributed by atoms with Crippen LogP contribution in [-0.4, -0.2) is 19.1 Å². The Labute approximate surface area is 184 Å². The molecule has 0 saturated carbocycles. The van der Waals surface area contributed by atoms with E-state index >= 15 is 0 Å². The number of unbranched alkanes of at least 4 members (excludes halogenated alkanes) is 1. The van der Waals surface area contributed by atoms with Crippen LogP contribution in [0.5, 0.6) is 23.0 Å². The van der Waals surface area contributed by atoms with Crippen LogP contribution in [0.2, 0.25) is 0 Å². The topological polar surface area (TPSA) is 56.8 Å². The summed E-state index contributed by atoms with van der Waals surface area (Å²) in [5.41, 5.74) is 2.25. The number of hydrogen-bond acceptors (Lipinski definition) is 4. The van der Waals surface area contributed by atoms with Gasteiger partial charge in [0.2, 0.25) is 0 Å². The minimum absolute atomic E-state index is 0.214. The molecular formula is C26H29NO4. The molecule has 0 heterocycles. The van der Waals surface area contributed by atoms with Crippen LogP contribution >= 0.6 is 0 Å². The molecule has 0 aliphatic carbocycles. The molecule has 0 bridgehead atoms. The standard InChI is InChI=1S/C26H29NO4/c1-4-6-17-30-24-16-11-20(18-25(24)29-5-2)26(28)27-21-12-14-22(15-13-21)31-23-10-8-7-9-19(23)3/h7-16,18H,4-6,17H2,1-3H3,(H,27,28). The lowest BCUT2D eigenvalue weighted by Crippen LogP contribution is -2.12. The van der Waals surface area contributed by atoms with Crippen LogP contribution in [0.15, 0.2) is 66.7 Å². The smallest absolute Gasteiger partial charge is 0.255 e. The maximum Gasteiger partial charge on any atom is 0.255 e. The molecule has 0 atom stereocenters. The van der Waals surface area contributed by atoms with E-state index in [1.807, 2.05) is 62.4 Å². The van der Waals surface area contributed by atoms with Crippen molar-refractivity contribution >= 4 is 11.6 Å². The molecule has 3 aromatic rings. The van der Waals surface area contributed by atoms with E-state index < -0.39 is 0 Å². The summed E-state index contributed by atoms with van der Waals surface area (Å²) in [5.74, 6) is 2.54. The van der Waals surface area contributed by atoms with Crippen molar-refractivity contribution < 1.29 is 19.0 Å². The molecule has 0 saturated heterocycles. The summed E-state index contributed by atoms with van der Waals surface area (Å²) in [4.78, 5) is 12.7. The average molecular weight is 420 g/mol. The van der Waals surface area contributed by atoms with Crippen molar-refractivity contribution in [1.82, 2.24) is 0 Å². The molecule has 0 unspecified atom stereocenters. The summed E-state index contributed by atoms with van der Waals surface area (Å²) < 4.78 is 17.4. The van der Waals surface area contributed by atoms with E-state index in [2.05, 4.69) is 12.2 Å². The number of hydrogen-bond donors (Lipinski definition) is 1. The molecule has 1 N–H and O–H groups in total. The third-order valence-corrected chi connectivity index (χ3v) is 4.69. The summed E-state index contributed by atoms with van der Waals surface area (Å²) in [5, 5.41) is 2.91. The van der Waals surface area contributed by atoms with Gasteiger partial charge >= 0.3 is 0 Å². The van der Waals surface area contributed by atoms with Gasteiger partial charge in [0.15, 0.2) is 11.5 Å². The summed E-state index contributed by atoms with van der Waals surface area (Å²) in [6.45, 7) is 7.14. The third-order valence-electron chi connectivity index (χ3n) is 4.69. The van der Waals surface area contributed by atoms with Crippen molar-refractivity contribution in [2.24, 2.45) is 0 Å². The number of rotatable bonds is 10. The Morgan fingerprint density at radius 2 is 1.65 bits per heavy atom. The molecule has 5 heteroatoms. The van der Waals surface area contributed by atoms with Crippen molar-refractivity contribution in [3.63, 3.8) is 0 Å². The van der Waals surface area contributed by atoms with Crippen LogP contribution < -0.4 is 19.5 Å². The first-order chi connectivity index (χ1) is 15.1. The SMILES string of the molecule is CCCCOc1ccc(C(=O)Nc2ccc(Oc3ccccc3C)cc2)cc1OCC. The Hall–Kier alpha value is -3.47. The number of benzene rings is 3. The molecule has 3 rings (SSSR count). The van der Waals surface area contributed by atoms with E-state index in [4.69, 9.17) is 14.2 Å². The second-order valence-electron chi connectivity index (χ2n) is 7.14.